The molecule has 13 heavy (non-hydrogen) atoms. The van der Waals surface area contributed by atoms with E-state index in [2.05, 4.69) is 0 Å². The van der Waals surface area contributed by atoms with Crippen molar-refractivity contribution in [3.8, 4) is 0 Å². The molecule has 5 heteroatoms. The maximum atomic E-state index is 11.1. The van der Waals surface area contributed by atoms with Gasteiger partial charge in [-0.3, -0.25) is 9.59 Å². The van der Waals surface area contributed by atoms with E-state index < -0.39 is 29.1 Å². The molecular formula is C8H10O5. The Kier molecular flexibility index (Phi) is 2.21. The molecule has 0 aromatic rings. The van der Waals surface area contributed by atoms with Gasteiger partial charge in [0.1, 0.15) is 0 Å². The van der Waals surface area contributed by atoms with Gasteiger partial charge in [0.15, 0.2) is 0 Å². The highest BCUT2D eigenvalue weighted by Gasteiger charge is 2.51. The van der Waals surface area contributed by atoms with Crippen LogP contribution in [0, 0.1) is 5.92 Å². The number of Topliss-reactive ketones (excluding diaryl/α,β-unsaturated/α-hetero) is 2. The third-order valence-electron chi connectivity index (χ3n) is 2.34. The maximum Gasteiger partial charge on any atom is 0.344 e. The second-order valence-corrected chi connectivity index (χ2v) is 3.30. The number of ketones is 2. The van der Waals surface area contributed by atoms with Gasteiger partial charge in [0.2, 0.25) is 17.2 Å². The van der Waals surface area contributed by atoms with Crippen LogP contribution in [0.4, 0.5) is 0 Å². The van der Waals surface area contributed by atoms with E-state index in [4.69, 9.17) is 5.11 Å². The molecule has 0 aliphatic heterocycles. The minimum atomic E-state index is -2.48. The molecule has 0 aromatic carbocycles. The van der Waals surface area contributed by atoms with Crippen LogP contribution in [0.5, 0.6) is 0 Å². The highest BCUT2D eigenvalue weighted by Crippen LogP contribution is 2.26. The topological polar surface area (TPSA) is 91.7 Å². The average molecular weight is 186 g/mol. The van der Waals surface area contributed by atoms with Crippen LogP contribution in [-0.4, -0.2) is 33.3 Å². The first-order valence-electron chi connectivity index (χ1n) is 3.94. The Balaban J connectivity index is 2.99. The standard InChI is InChI=1S/C8H10O5/c1-4-2-3-8(13,7(11)12)6(10)5(4)9/h4,13H,2-3H2,1H3,(H,11,12). The zero-order valence-electron chi connectivity index (χ0n) is 7.11. The fourth-order valence-electron chi connectivity index (χ4n) is 1.30. The second-order valence-electron chi connectivity index (χ2n) is 3.30. The third-order valence-corrected chi connectivity index (χ3v) is 2.34. The molecule has 0 bridgehead atoms. The third kappa shape index (κ3) is 1.35. The van der Waals surface area contributed by atoms with Crippen molar-refractivity contribution in [2.45, 2.75) is 25.4 Å². The first kappa shape index (κ1) is 9.85. The van der Waals surface area contributed by atoms with E-state index in [-0.39, 0.29) is 12.8 Å². The number of carboxylic acid groups (broad SMARTS) is 1. The summed E-state index contributed by atoms with van der Waals surface area (Å²) in [6.07, 6.45) is 0.0431. The quantitative estimate of drug-likeness (QED) is 0.420. The van der Waals surface area contributed by atoms with Gasteiger partial charge in [0.05, 0.1) is 0 Å². The van der Waals surface area contributed by atoms with E-state index in [0.29, 0.717) is 0 Å². The van der Waals surface area contributed by atoms with E-state index in [9.17, 15) is 19.5 Å². The van der Waals surface area contributed by atoms with Crippen LogP contribution in [0.1, 0.15) is 19.8 Å². The van der Waals surface area contributed by atoms with Crippen molar-refractivity contribution >= 4 is 17.5 Å². The van der Waals surface area contributed by atoms with Crippen LogP contribution in [0.25, 0.3) is 0 Å². The van der Waals surface area contributed by atoms with Crippen LogP contribution in [0.2, 0.25) is 0 Å². The molecule has 0 spiro atoms. The summed E-state index contributed by atoms with van der Waals surface area (Å²) in [7, 11) is 0. The molecule has 0 heterocycles. The largest absolute Gasteiger partial charge is 0.479 e. The molecule has 1 aliphatic rings. The van der Waals surface area contributed by atoms with Gasteiger partial charge in [-0.25, -0.2) is 4.79 Å². The average Bonchev–Trinajstić information content (AvgIpc) is 2.08. The molecule has 2 unspecified atom stereocenters. The van der Waals surface area contributed by atoms with E-state index in [1.54, 1.807) is 6.92 Å². The van der Waals surface area contributed by atoms with E-state index in [1.807, 2.05) is 0 Å². The lowest BCUT2D eigenvalue weighted by Crippen LogP contribution is -2.54. The fraction of sp³-hybridized carbons (Fsp3) is 0.625. The first-order valence-corrected chi connectivity index (χ1v) is 3.94. The van der Waals surface area contributed by atoms with Gasteiger partial charge in [-0.05, 0) is 12.8 Å². The molecule has 2 N–H and O–H groups in total. The summed E-state index contributed by atoms with van der Waals surface area (Å²) in [4.78, 5) is 32.7. The summed E-state index contributed by atoms with van der Waals surface area (Å²) in [5, 5.41) is 17.9. The lowest BCUT2D eigenvalue weighted by molar-refractivity contribution is -0.172. The van der Waals surface area contributed by atoms with Crippen molar-refractivity contribution in [2.75, 3.05) is 0 Å². The molecule has 1 saturated carbocycles. The molecule has 0 saturated heterocycles. The minimum Gasteiger partial charge on any atom is -0.479 e. The molecule has 2 atom stereocenters. The number of hydrogen-bond donors (Lipinski definition) is 2. The van der Waals surface area contributed by atoms with E-state index in [1.165, 1.54) is 0 Å². The molecule has 0 radical (unpaired) electrons. The Hall–Kier alpha value is -1.23. The van der Waals surface area contributed by atoms with Crippen LogP contribution in [0.3, 0.4) is 0 Å². The highest BCUT2D eigenvalue weighted by molar-refractivity contribution is 6.45. The van der Waals surface area contributed by atoms with Gasteiger partial charge in [0, 0.05) is 5.92 Å². The second kappa shape index (κ2) is 2.92. The normalized spacial score (nSPS) is 34.8. The molecular weight excluding hydrogens is 176 g/mol. The van der Waals surface area contributed by atoms with Crippen LogP contribution < -0.4 is 0 Å². The highest BCUT2D eigenvalue weighted by atomic mass is 16.4. The van der Waals surface area contributed by atoms with Crippen LogP contribution in [-0.2, 0) is 14.4 Å². The molecule has 1 fully saturated rings. The Bertz CT molecular complexity index is 282. The first-order chi connectivity index (χ1) is 5.89. The minimum absolute atomic E-state index is 0.186. The smallest absolute Gasteiger partial charge is 0.344 e. The van der Waals surface area contributed by atoms with Gasteiger partial charge < -0.3 is 10.2 Å². The van der Waals surface area contributed by atoms with Crippen molar-refractivity contribution in [2.24, 2.45) is 5.92 Å². The van der Waals surface area contributed by atoms with Crippen molar-refractivity contribution < 1.29 is 24.6 Å². The van der Waals surface area contributed by atoms with E-state index in [0.717, 1.165) is 0 Å². The van der Waals surface area contributed by atoms with Crippen molar-refractivity contribution in [1.82, 2.24) is 0 Å². The lowest BCUT2D eigenvalue weighted by atomic mass is 9.77. The number of hydrogen-bond acceptors (Lipinski definition) is 4. The Labute approximate surface area is 74.4 Å². The predicted molar refractivity (Wildman–Crippen MR) is 41.0 cm³/mol. The lowest BCUT2D eigenvalue weighted by Gasteiger charge is -2.27. The summed E-state index contributed by atoms with van der Waals surface area (Å²) >= 11 is 0. The molecule has 72 valence electrons. The van der Waals surface area contributed by atoms with Crippen molar-refractivity contribution in [3.05, 3.63) is 0 Å². The number of aliphatic hydroxyl groups is 1. The monoisotopic (exact) mass is 186 g/mol. The summed E-state index contributed by atoms with van der Waals surface area (Å²) in [5.41, 5.74) is -2.48. The van der Waals surface area contributed by atoms with Gasteiger partial charge in [-0.2, -0.15) is 0 Å². The molecule has 0 aromatic heterocycles. The number of rotatable bonds is 1. The summed E-state index contributed by atoms with van der Waals surface area (Å²) < 4.78 is 0. The SMILES string of the molecule is CC1CCC(O)(C(=O)O)C(=O)C1=O. The number of carbonyl (C=O) groups excluding carboxylic acids is 2. The molecule has 0 amide bonds. The molecule has 1 rings (SSSR count). The van der Waals surface area contributed by atoms with E-state index >= 15 is 0 Å². The Morgan fingerprint density at radius 3 is 2.54 bits per heavy atom. The molecule has 1 aliphatic carbocycles. The Morgan fingerprint density at radius 1 is 1.54 bits per heavy atom. The maximum absolute atomic E-state index is 11.1. The van der Waals surface area contributed by atoms with Gasteiger partial charge in [-0.15, -0.1) is 0 Å². The number of aliphatic carboxylic acids is 1. The van der Waals surface area contributed by atoms with Crippen LogP contribution >= 0.6 is 0 Å². The van der Waals surface area contributed by atoms with Gasteiger partial charge in [-0.1, -0.05) is 6.92 Å². The summed E-state index contributed by atoms with van der Waals surface area (Å²) in [5.74, 6) is -4.11. The molecule has 5 nitrogen and oxygen atoms in total. The predicted octanol–water partition coefficient (Wildman–Crippen LogP) is -0.630. The van der Waals surface area contributed by atoms with Gasteiger partial charge in [0.25, 0.3) is 0 Å². The number of carbonyl (C=O) groups is 3. The van der Waals surface area contributed by atoms with Crippen molar-refractivity contribution in [3.63, 3.8) is 0 Å². The van der Waals surface area contributed by atoms with Gasteiger partial charge >= 0.3 is 5.97 Å². The fourth-order valence-corrected chi connectivity index (χ4v) is 1.30. The Morgan fingerprint density at radius 2 is 2.08 bits per heavy atom. The van der Waals surface area contributed by atoms with Crippen molar-refractivity contribution in [1.29, 1.82) is 0 Å². The summed E-state index contributed by atoms with van der Waals surface area (Å²) in [6.45, 7) is 1.54. The zero-order valence-corrected chi connectivity index (χ0v) is 7.11. The number of carboxylic acids is 1. The zero-order chi connectivity index (χ0) is 10.2. The summed E-state index contributed by atoms with van der Waals surface area (Å²) in [6, 6.07) is 0. The van der Waals surface area contributed by atoms with Crippen LogP contribution in [0.15, 0.2) is 0 Å².